The number of carbonyl (C=O) groups excluding carboxylic acids is 1. The summed E-state index contributed by atoms with van der Waals surface area (Å²) < 4.78 is 27.9. The van der Waals surface area contributed by atoms with E-state index in [0.717, 1.165) is 23.2 Å². The van der Waals surface area contributed by atoms with Gasteiger partial charge in [0, 0.05) is 31.4 Å². The fourth-order valence-electron chi connectivity index (χ4n) is 4.20. The lowest BCUT2D eigenvalue weighted by atomic mass is 9.94. The lowest BCUT2D eigenvalue weighted by molar-refractivity contribution is 0.0993. The minimum absolute atomic E-state index is 0.179. The Hall–Kier alpha value is -2.18. The number of rotatable bonds is 4. The second-order valence-electron chi connectivity index (χ2n) is 8.51. The van der Waals surface area contributed by atoms with E-state index in [1.165, 1.54) is 6.07 Å². The molecule has 1 amide bonds. The van der Waals surface area contributed by atoms with E-state index in [1.54, 1.807) is 34.5 Å². The molecule has 1 aliphatic heterocycles. The van der Waals surface area contributed by atoms with E-state index in [4.69, 9.17) is 0 Å². The van der Waals surface area contributed by atoms with Gasteiger partial charge in [0.2, 0.25) is 10.0 Å². The summed E-state index contributed by atoms with van der Waals surface area (Å²) in [4.78, 5) is 14.8. The Balaban J connectivity index is 1.89. The number of amides is 1. The summed E-state index contributed by atoms with van der Waals surface area (Å²) in [7, 11) is -1.91. The van der Waals surface area contributed by atoms with E-state index < -0.39 is 10.0 Å². The molecule has 156 valence electrons. The number of sulfonamides is 1. The van der Waals surface area contributed by atoms with E-state index in [1.807, 2.05) is 26.0 Å². The zero-order valence-corrected chi connectivity index (χ0v) is 18.7. The van der Waals surface area contributed by atoms with Crippen LogP contribution in [0.25, 0.3) is 0 Å². The predicted molar refractivity (Wildman–Crippen MR) is 117 cm³/mol. The van der Waals surface area contributed by atoms with E-state index in [0.29, 0.717) is 30.5 Å². The van der Waals surface area contributed by atoms with Crippen molar-refractivity contribution in [2.45, 2.75) is 39.0 Å². The normalized spacial score (nSPS) is 20.4. The van der Waals surface area contributed by atoms with E-state index in [-0.39, 0.29) is 10.8 Å². The molecular weight excluding hydrogens is 384 g/mol. The van der Waals surface area contributed by atoms with E-state index >= 15 is 0 Å². The van der Waals surface area contributed by atoms with Gasteiger partial charge in [0.1, 0.15) is 0 Å². The van der Waals surface area contributed by atoms with Gasteiger partial charge in [0.05, 0.1) is 4.90 Å². The van der Waals surface area contributed by atoms with Gasteiger partial charge < -0.3 is 4.90 Å². The molecule has 0 radical (unpaired) electrons. The van der Waals surface area contributed by atoms with Gasteiger partial charge in [-0.1, -0.05) is 26.0 Å². The van der Waals surface area contributed by atoms with Crippen LogP contribution in [0.3, 0.4) is 0 Å². The van der Waals surface area contributed by atoms with Crippen LogP contribution in [0.2, 0.25) is 0 Å². The molecule has 2 aromatic carbocycles. The van der Waals surface area contributed by atoms with Crippen molar-refractivity contribution < 1.29 is 13.2 Å². The summed E-state index contributed by atoms with van der Waals surface area (Å²) in [5, 5.41) is 0. The highest BCUT2D eigenvalue weighted by atomic mass is 32.2. The molecule has 2 atom stereocenters. The summed E-state index contributed by atoms with van der Waals surface area (Å²) in [5.74, 6) is 0.426. The molecule has 1 fully saturated rings. The fraction of sp³-hybridized carbons (Fsp3) is 0.435. The monoisotopic (exact) mass is 414 g/mol. The largest absolute Gasteiger partial charge is 0.311 e. The SMILES string of the molecule is Cc1cc(C)cc(N(C)C(=O)c2cccc(S(=O)(=O)N3CC(C)CC(C)C3)c2)c1. The summed E-state index contributed by atoms with van der Waals surface area (Å²) in [6.07, 6.45) is 1.03. The van der Waals surface area contributed by atoms with Gasteiger partial charge in [-0.15, -0.1) is 0 Å². The number of anilines is 1. The Morgan fingerprint density at radius 1 is 1.00 bits per heavy atom. The molecule has 0 spiro atoms. The smallest absolute Gasteiger partial charge is 0.258 e. The number of carbonyl (C=O) groups is 1. The Labute approximate surface area is 174 Å². The zero-order valence-electron chi connectivity index (χ0n) is 17.8. The van der Waals surface area contributed by atoms with Crippen molar-refractivity contribution in [1.82, 2.24) is 4.31 Å². The molecule has 0 N–H and O–H groups in total. The number of aryl methyl sites for hydroxylation is 2. The topological polar surface area (TPSA) is 57.7 Å². The van der Waals surface area contributed by atoms with Crippen molar-refractivity contribution in [3.63, 3.8) is 0 Å². The van der Waals surface area contributed by atoms with Crippen LogP contribution in [0.1, 0.15) is 41.8 Å². The molecule has 3 rings (SSSR count). The lowest BCUT2D eigenvalue weighted by Crippen LogP contribution is -2.42. The van der Waals surface area contributed by atoms with Gasteiger partial charge in [0.25, 0.3) is 5.91 Å². The molecule has 5 nitrogen and oxygen atoms in total. The molecule has 1 aliphatic rings. The van der Waals surface area contributed by atoms with Gasteiger partial charge in [-0.25, -0.2) is 8.42 Å². The highest BCUT2D eigenvalue weighted by molar-refractivity contribution is 7.89. The second kappa shape index (κ2) is 8.28. The quantitative estimate of drug-likeness (QED) is 0.752. The minimum atomic E-state index is -3.63. The van der Waals surface area contributed by atoms with Gasteiger partial charge in [0.15, 0.2) is 0 Å². The Morgan fingerprint density at radius 3 is 2.17 bits per heavy atom. The maximum atomic E-state index is 13.2. The number of hydrogen-bond acceptors (Lipinski definition) is 3. The summed E-state index contributed by atoms with van der Waals surface area (Å²) in [5.41, 5.74) is 3.30. The highest BCUT2D eigenvalue weighted by Crippen LogP contribution is 2.27. The Morgan fingerprint density at radius 2 is 1.59 bits per heavy atom. The number of benzene rings is 2. The summed E-state index contributed by atoms with van der Waals surface area (Å²) in [6.45, 7) is 9.18. The Bertz CT molecular complexity index is 986. The standard InChI is InChI=1S/C23H30N2O3S/c1-16-9-17(2)12-21(11-16)24(5)23(26)20-7-6-8-22(13-20)29(27,28)25-14-18(3)10-19(4)15-25/h6-9,11-13,18-19H,10,14-15H2,1-5H3. The lowest BCUT2D eigenvalue weighted by Gasteiger charge is -2.34. The van der Waals surface area contributed by atoms with Crippen LogP contribution in [0, 0.1) is 25.7 Å². The van der Waals surface area contributed by atoms with Crippen molar-refractivity contribution in [3.05, 3.63) is 59.2 Å². The molecule has 1 saturated heterocycles. The fourth-order valence-corrected chi connectivity index (χ4v) is 5.92. The first kappa shape index (κ1) is 21.5. The molecule has 0 saturated carbocycles. The number of nitrogens with zero attached hydrogens (tertiary/aromatic N) is 2. The van der Waals surface area contributed by atoms with Gasteiger partial charge in [-0.05, 0) is 73.6 Å². The van der Waals surface area contributed by atoms with E-state index in [2.05, 4.69) is 19.9 Å². The summed E-state index contributed by atoms with van der Waals surface area (Å²) >= 11 is 0. The van der Waals surface area contributed by atoms with Crippen LogP contribution >= 0.6 is 0 Å². The van der Waals surface area contributed by atoms with Crippen LogP contribution in [0.5, 0.6) is 0 Å². The predicted octanol–water partition coefficient (Wildman–Crippen LogP) is 4.25. The minimum Gasteiger partial charge on any atom is -0.311 e. The second-order valence-corrected chi connectivity index (χ2v) is 10.4. The van der Waals surface area contributed by atoms with Crippen LogP contribution in [0.4, 0.5) is 5.69 Å². The third-order valence-electron chi connectivity index (χ3n) is 5.45. The molecule has 1 heterocycles. The molecule has 0 aromatic heterocycles. The first-order valence-corrected chi connectivity index (χ1v) is 11.5. The first-order chi connectivity index (χ1) is 13.6. The third-order valence-corrected chi connectivity index (χ3v) is 7.28. The van der Waals surface area contributed by atoms with Crippen molar-refractivity contribution in [2.24, 2.45) is 11.8 Å². The number of hydrogen-bond donors (Lipinski definition) is 0. The molecule has 2 unspecified atom stereocenters. The van der Waals surface area contributed by atoms with E-state index in [9.17, 15) is 13.2 Å². The average Bonchev–Trinajstić information content (AvgIpc) is 2.65. The van der Waals surface area contributed by atoms with Gasteiger partial charge >= 0.3 is 0 Å². The van der Waals surface area contributed by atoms with Crippen molar-refractivity contribution in [2.75, 3.05) is 25.0 Å². The Kier molecular flexibility index (Phi) is 6.15. The van der Waals surface area contributed by atoms with Crippen molar-refractivity contribution >= 4 is 21.6 Å². The van der Waals surface area contributed by atoms with Gasteiger partial charge in [-0.3, -0.25) is 4.79 Å². The van der Waals surface area contributed by atoms with Crippen LogP contribution < -0.4 is 4.90 Å². The summed E-state index contributed by atoms with van der Waals surface area (Å²) in [6, 6.07) is 12.3. The third kappa shape index (κ3) is 4.70. The molecule has 6 heteroatoms. The zero-order chi connectivity index (χ0) is 21.3. The van der Waals surface area contributed by atoms with Crippen molar-refractivity contribution in [1.29, 1.82) is 0 Å². The molecule has 2 aromatic rings. The first-order valence-electron chi connectivity index (χ1n) is 10.0. The maximum Gasteiger partial charge on any atom is 0.258 e. The van der Waals surface area contributed by atoms with Crippen molar-refractivity contribution in [3.8, 4) is 0 Å². The van der Waals surface area contributed by atoms with Crippen LogP contribution in [-0.2, 0) is 10.0 Å². The molecule has 0 aliphatic carbocycles. The highest BCUT2D eigenvalue weighted by Gasteiger charge is 2.32. The van der Waals surface area contributed by atoms with Crippen LogP contribution in [0.15, 0.2) is 47.4 Å². The molecule has 29 heavy (non-hydrogen) atoms. The van der Waals surface area contributed by atoms with Crippen LogP contribution in [-0.4, -0.2) is 38.8 Å². The number of piperidine rings is 1. The maximum absolute atomic E-state index is 13.2. The molecular formula is C23H30N2O3S. The molecule has 0 bridgehead atoms. The average molecular weight is 415 g/mol. The van der Waals surface area contributed by atoms with Gasteiger partial charge in [-0.2, -0.15) is 4.31 Å².